The maximum atomic E-state index is 12.5. The lowest BCUT2D eigenvalue weighted by molar-refractivity contribution is 0.102. The normalized spacial score (nSPS) is 11.3. The number of rotatable bonds is 8. The van der Waals surface area contributed by atoms with Crippen molar-refractivity contribution in [3.05, 3.63) is 59.7 Å². The van der Waals surface area contributed by atoms with E-state index in [2.05, 4.69) is 10.0 Å². The summed E-state index contributed by atoms with van der Waals surface area (Å²) in [7, 11) is -2.19. The molecule has 0 atom stereocenters. The van der Waals surface area contributed by atoms with E-state index in [-0.39, 0.29) is 29.5 Å². The summed E-state index contributed by atoms with van der Waals surface area (Å²) in [5, 5.41) is 2.83. The zero-order valence-electron chi connectivity index (χ0n) is 14.3. The van der Waals surface area contributed by atoms with Gasteiger partial charge >= 0.3 is 0 Å². The van der Waals surface area contributed by atoms with Crippen LogP contribution in [0.1, 0.15) is 22.8 Å². The smallest absolute Gasteiger partial charge is 0.255 e. The third kappa shape index (κ3) is 5.12. The van der Waals surface area contributed by atoms with Gasteiger partial charge in [-0.15, -0.1) is 0 Å². The zero-order chi connectivity index (χ0) is 18.3. The number of aryl methyl sites for hydroxylation is 1. The van der Waals surface area contributed by atoms with Crippen LogP contribution in [0.2, 0.25) is 0 Å². The van der Waals surface area contributed by atoms with Crippen molar-refractivity contribution in [2.75, 3.05) is 25.6 Å². The molecular formula is C18H22N2O4S. The fourth-order valence-electron chi connectivity index (χ4n) is 2.31. The van der Waals surface area contributed by atoms with Gasteiger partial charge in [0.1, 0.15) is 0 Å². The van der Waals surface area contributed by atoms with Crippen molar-refractivity contribution in [1.82, 2.24) is 4.72 Å². The SMILES string of the molecule is CCc1ccccc1NC(=O)c1cccc(S(=O)(=O)NCCOC)c1. The van der Waals surface area contributed by atoms with E-state index in [1.165, 1.54) is 19.2 Å². The first-order chi connectivity index (χ1) is 12.0. The minimum Gasteiger partial charge on any atom is -0.383 e. The molecule has 0 saturated heterocycles. The van der Waals surface area contributed by atoms with Crippen molar-refractivity contribution in [3.63, 3.8) is 0 Å². The molecule has 6 nitrogen and oxygen atoms in total. The van der Waals surface area contributed by atoms with Gasteiger partial charge in [-0.25, -0.2) is 13.1 Å². The Morgan fingerprint density at radius 3 is 2.60 bits per heavy atom. The van der Waals surface area contributed by atoms with Crippen LogP contribution >= 0.6 is 0 Å². The van der Waals surface area contributed by atoms with Crippen LogP contribution in [-0.2, 0) is 21.2 Å². The fraction of sp³-hybridized carbons (Fsp3) is 0.278. The molecule has 25 heavy (non-hydrogen) atoms. The Kier molecular flexibility index (Phi) is 6.69. The first kappa shape index (κ1) is 19.1. The topological polar surface area (TPSA) is 84.5 Å². The molecule has 0 aliphatic carbocycles. The predicted molar refractivity (Wildman–Crippen MR) is 97.3 cm³/mol. The van der Waals surface area contributed by atoms with Crippen molar-refractivity contribution in [1.29, 1.82) is 0 Å². The standard InChI is InChI=1S/C18H22N2O4S/c1-3-14-7-4-5-10-17(14)20-18(21)15-8-6-9-16(13-15)25(22,23)19-11-12-24-2/h4-10,13,19H,3,11-12H2,1-2H3,(H,20,21). The molecule has 7 heteroatoms. The lowest BCUT2D eigenvalue weighted by Crippen LogP contribution is -2.27. The summed E-state index contributed by atoms with van der Waals surface area (Å²) < 4.78 is 31.7. The molecule has 1 amide bonds. The van der Waals surface area contributed by atoms with E-state index in [4.69, 9.17) is 4.74 Å². The lowest BCUT2D eigenvalue weighted by Gasteiger charge is -2.11. The van der Waals surface area contributed by atoms with Crippen molar-refractivity contribution in [3.8, 4) is 0 Å². The molecule has 2 aromatic carbocycles. The highest BCUT2D eigenvalue weighted by Gasteiger charge is 2.16. The maximum Gasteiger partial charge on any atom is 0.255 e. The van der Waals surface area contributed by atoms with Gasteiger partial charge in [0.2, 0.25) is 10.0 Å². The average molecular weight is 362 g/mol. The van der Waals surface area contributed by atoms with Gasteiger partial charge in [-0.1, -0.05) is 31.2 Å². The predicted octanol–water partition coefficient (Wildman–Crippen LogP) is 2.43. The number of anilines is 1. The number of hydrogen-bond donors (Lipinski definition) is 2. The van der Waals surface area contributed by atoms with E-state index < -0.39 is 10.0 Å². The van der Waals surface area contributed by atoms with Gasteiger partial charge in [0.25, 0.3) is 5.91 Å². The highest BCUT2D eigenvalue weighted by molar-refractivity contribution is 7.89. The molecule has 2 N–H and O–H groups in total. The third-order valence-electron chi connectivity index (χ3n) is 3.65. The second-order valence-corrected chi connectivity index (χ2v) is 7.15. The van der Waals surface area contributed by atoms with E-state index in [1.807, 2.05) is 31.2 Å². The van der Waals surface area contributed by atoms with E-state index in [9.17, 15) is 13.2 Å². The Bertz CT molecular complexity index is 834. The number of carbonyl (C=O) groups is 1. The molecule has 0 radical (unpaired) electrons. The first-order valence-electron chi connectivity index (χ1n) is 7.96. The minimum absolute atomic E-state index is 0.0417. The number of para-hydroxylation sites is 1. The summed E-state index contributed by atoms with van der Waals surface area (Å²) in [6.07, 6.45) is 0.786. The summed E-state index contributed by atoms with van der Waals surface area (Å²) in [4.78, 5) is 12.5. The Hall–Kier alpha value is -2.22. The van der Waals surface area contributed by atoms with Crippen LogP contribution in [0.3, 0.4) is 0 Å². The number of nitrogens with one attached hydrogen (secondary N) is 2. The van der Waals surface area contributed by atoms with Crippen LogP contribution in [0.25, 0.3) is 0 Å². The van der Waals surface area contributed by atoms with Crippen LogP contribution in [0.5, 0.6) is 0 Å². The van der Waals surface area contributed by atoms with Gasteiger partial charge in [0, 0.05) is 24.9 Å². The minimum atomic E-state index is -3.68. The van der Waals surface area contributed by atoms with Gasteiger partial charge < -0.3 is 10.1 Å². The summed E-state index contributed by atoms with van der Waals surface area (Å²) in [5.74, 6) is -0.352. The highest BCUT2D eigenvalue weighted by Crippen LogP contribution is 2.18. The van der Waals surface area contributed by atoms with Crippen LogP contribution in [0.15, 0.2) is 53.4 Å². The monoisotopic (exact) mass is 362 g/mol. The number of methoxy groups -OCH3 is 1. The van der Waals surface area contributed by atoms with Crippen LogP contribution < -0.4 is 10.0 Å². The van der Waals surface area contributed by atoms with Crippen molar-refractivity contribution < 1.29 is 17.9 Å². The second kappa shape index (κ2) is 8.75. The summed E-state index contributed by atoms with van der Waals surface area (Å²) in [5.41, 5.74) is 2.02. The number of sulfonamides is 1. The van der Waals surface area contributed by atoms with Crippen LogP contribution in [-0.4, -0.2) is 34.6 Å². The van der Waals surface area contributed by atoms with Crippen molar-refractivity contribution in [2.24, 2.45) is 0 Å². The van der Waals surface area contributed by atoms with Gasteiger partial charge in [-0.2, -0.15) is 0 Å². The summed E-state index contributed by atoms with van der Waals surface area (Å²) in [6, 6.07) is 13.5. The van der Waals surface area contributed by atoms with E-state index in [0.29, 0.717) is 0 Å². The first-order valence-corrected chi connectivity index (χ1v) is 9.44. The van der Waals surface area contributed by atoms with E-state index >= 15 is 0 Å². The van der Waals surface area contributed by atoms with E-state index in [0.717, 1.165) is 17.7 Å². The fourth-order valence-corrected chi connectivity index (χ4v) is 3.37. The average Bonchev–Trinajstić information content (AvgIpc) is 2.62. The number of carbonyl (C=O) groups excluding carboxylic acids is 1. The quantitative estimate of drug-likeness (QED) is 0.707. The summed E-state index contributed by atoms with van der Waals surface area (Å²) in [6.45, 7) is 2.44. The van der Waals surface area contributed by atoms with E-state index in [1.54, 1.807) is 12.1 Å². The third-order valence-corrected chi connectivity index (χ3v) is 5.11. The zero-order valence-corrected chi connectivity index (χ0v) is 15.1. The molecule has 0 fully saturated rings. The number of amides is 1. The molecule has 2 aromatic rings. The Morgan fingerprint density at radius 2 is 1.88 bits per heavy atom. The van der Waals surface area contributed by atoms with Crippen LogP contribution in [0.4, 0.5) is 5.69 Å². The van der Waals surface area contributed by atoms with Gasteiger partial charge in [0.05, 0.1) is 11.5 Å². The molecule has 0 bridgehead atoms. The highest BCUT2D eigenvalue weighted by atomic mass is 32.2. The largest absolute Gasteiger partial charge is 0.383 e. The lowest BCUT2D eigenvalue weighted by atomic mass is 10.1. The number of ether oxygens (including phenoxy) is 1. The molecule has 0 unspecified atom stereocenters. The number of benzene rings is 2. The Balaban J connectivity index is 2.19. The van der Waals surface area contributed by atoms with Crippen molar-refractivity contribution >= 4 is 21.6 Å². The second-order valence-electron chi connectivity index (χ2n) is 5.38. The molecular weight excluding hydrogens is 340 g/mol. The summed E-state index contributed by atoms with van der Waals surface area (Å²) >= 11 is 0. The van der Waals surface area contributed by atoms with Gasteiger partial charge in [0.15, 0.2) is 0 Å². The molecule has 0 aromatic heterocycles. The molecule has 0 heterocycles. The molecule has 2 rings (SSSR count). The van der Waals surface area contributed by atoms with Crippen molar-refractivity contribution in [2.45, 2.75) is 18.2 Å². The van der Waals surface area contributed by atoms with Gasteiger partial charge in [-0.05, 0) is 36.2 Å². The molecule has 0 aliphatic heterocycles. The maximum absolute atomic E-state index is 12.5. The molecule has 0 saturated carbocycles. The Morgan fingerprint density at radius 1 is 1.12 bits per heavy atom. The molecule has 0 spiro atoms. The van der Waals surface area contributed by atoms with Gasteiger partial charge in [-0.3, -0.25) is 4.79 Å². The molecule has 134 valence electrons. The number of hydrogen-bond acceptors (Lipinski definition) is 4. The molecule has 0 aliphatic rings. The van der Waals surface area contributed by atoms with Crippen LogP contribution in [0, 0.1) is 0 Å². The Labute approximate surface area is 148 Å².